The second-order valence-corrected chi connectivity index (χ2v) is 5.22. The smallest absolute Gasteiger partial charge is 0.192 e. The lowest BCUT2D eigenvalue weighted by Crippen LogP contribution is -2.01. The molecule has 0 spiro atoms. The molecule has 0 fully saturated rings. The Hall–Kier alpha value is -1.36. The quantitative estimate of drug-likeness (QED) is 0.771. The van der Waals surface area contributed by atoms with Gasteiger partial charge in [-0.2, -0.15) is 0 Å². The third-order valence-electron chi connectivity index (χ3n) is 2.08. The summed E-state index contributed by atoms with van der Waals surface area (Å²) in [4.78, 5) is 7.03. The highest BCUT2D eigenvalue weighted by atomic mass is 32.2. The first kappa shape index (κ1) is 9.21. The first-order valence-electron chi connectivity index (χ1n) is 4.13. The van der Waals surface area contributed by atoms with E-state index in [4.69, 9.17) is 0 Å². The van der Waals surface area contributed by atoms with Gasteiger partial charge in [0.15, 0.2) is 14.9 Å². The lowest BCUT2D eigenvalue weighted by Gasteiger charge is -2.00. The van der Waals surface area contributed by atoms with Crippen LogP contribution in [-0.2, 0) is 9.84 Å². The van der Waals surface area contributed by atoms with Crippen molar-refractivity contribution in [3.63, 3.8) is 0 Å². The number of hydrogen-bond donors (Lipinski definition) is 1. The highest BCUT2D eigenvalue weighted by Crippen LogP contribution is 2.18. The van der Waals surface area contributed by atoms with Crippen LogP contribution in [0.1, 0.15) is 5.69 Å². The number of sulfone groups is 1. The molecular formula is C9H10N2O2S. The number of hydrogen-bond acceptors (Lipinski definition) is 3. The molecular weight excluding hydrogens is 200 g/mol. The number of rotatable bonds is 1. The van der Waals surface area contributed by atoms with Crippen LogP contribution in [0.3, 0.4) is 0 Å². The van der Waals surface area contributed by atoms with Gasteiger partial charge in [-0.1, -0.05) is 0 Å². The molecule has 2 aromatic rings. The summed E-state index contributed by atoms with van der Waals surface area (Å²) in [6.07, 6.45) is 2.93. The van der Waals surface area contributed by atoms with Crippen LogP contribution in [0, 0.1) is 6.92 Å². The summed E-state index contributed by atoms with van der Waals surface area (Å²) in [6, 6.07) is 3.41. The monoisotopic (exact) mass is 210 g/mol. The fourth-order valence-corrected chi connectivity index (χ4v) is 2.04. The molecule has 0 radical (unpaired) electrons. The summed E-state index contributed by atoms with van der Waals surface area (Å²) in [5.74, 6) is 0. The average molecular weight is 210 g/mol. The molecule has 0 aromatic carbocycles. The van der Waals surface area contributed by atoms with E-state index in [2.05, 4.69) is 9.97 Å². The van der Waals surface area contributed by atoms with Crippen molar-refractivity contribution in [2.75, 3.05) is 6.26 Å². The van der Waals surface area contributed by atoms with Gasteiger partial charge in [-0.05, 0) is 19.1 Å². The van der Waals surface area contributed by atoms with Gasteiger partial charge in [0.05, 0.1) is 11.2 Å². The topological polar surface area (TPSA) is 62.8 Å². The van der Waals surface area contributed by atoms with Crippen molar-refractivity contribution >= 4 is 20.7 Å². The molecule has 0 saturated heterocycles. The van der Waals surface area contributed by atoms with Crippen LogP contribution >= 0.6 is 0 Å². The first-order chi connectivity index (χ1) is 6.48. The van der Waals surface area contributed by atoms with Crippen LogP contribution in [0.4, 0.5) is 0 Å². The zero-order chi connectivity index (χ0) is 10.3. The molecule has 0 aliphatic rings. The van der Waals surface area contributed by atoms with Crippen molar-refractivity contribution in [3.05, 3.63) is 24.0 Å². The van der Waals surface area contributed by atoms with Crippen molar-refractivity contribution in [3.8, 4) is 0 Å². The highest BCUT2D eigenvalue weighted by Gasteiger charge is 2.11. The van der Waals surface area contributed by atoms with E-state index >= 15 is 0 Å². The fraction of sp³-hybridized carbons (Fsp3) is 0.222. The number of aryl methyl sites for hydroxylation is 1. The zero-order valence-corrected chi connectivity index (χ0v) is 8.72. The van der Waals surface area contributed by atoms with Crippen LogP contribution in [0.5, 0.6) is 0 Å². The average Bonchev–Trinajstić information content (AvgIpc) is 2.50. The summed E-state index contributed by atoms with van der Waals surface area (Å²) < 4.78 is 22.6. The molecule has 0 saturated carbocycles. The summed E-state index contributed by atoms with van der Waals surface area (Å²) in [7, 11) is -3.22. The minimum Gasteiger partial charge on any atom is -0.360 e. The van der Waals surface area contributed by atoms with E-state index in [9.17, 15) is 8.42 Å². The van der Waals surface area contributed by atoms with E-state index in [1.165, 1.54) is 0 Å². The van der Waals surface area contributed by atoms with E-state index < -0.39 is 9.84 Å². The Morgan fingerprint density at radius 2 is 2.14 bits per heavy atom. The minimum atomic E-state index is -3.22. The SMILES string of the molecule is Cc1nc(S(C)(=O)=O)cc2cc[nH]c12. The van der Waals surface area contributed by atoms with Crippen molar-refractivity contribution in [1.29, 1.82) is 0 Å². The van der Waals surface area contributed by atoms with Gasteiger partial charge in [0.2, 0.25) is 0 Å². The van der Waals surface area contributed by atoms with Crippen LogP contribution < -0.4 is 0 Å². The number of H-pyrrole nitrogens is 1. The Morgan fingerprint density at radius 3 is 2.79 bits per heavy atom. The Labute approximate surface area is 81.9 Å². The molecule has 14 heavy (non-hydrogen) atoms. The van der Waals surface area contributed by atoms with Gasteiger partial charge in [0.1, 0.15) is 0 Å². The number of aromatic nitrogens is 2. The maximum Gasteiger partial charge on any atom is 0.192 e. The minimum absolute atomic E-state index is 0.127. The third kappa shape index (κ3) is 1.39. The molecule has 5 heteroatoms. The van der Waals surface area contributed by atoms with Crippen LogP contribution in [0.25, 0.3) is 10.9 Å². The molecule has 0 unspecified atom stereocenters. The van der Waals surface area contributed by atoms with E-state index in [-0.39, 0.29) is 5.03 Å². The predicted molar refractivity (Wildman–Crippen MR) is 53.9 cm³/mol. The fourth-order valence-electron chi connectivity index (χ4n) is 1.39. The zero-order valence-electron chi connectivity index (χ0n) is 7.90. The van der Waals surface area contributed by atoms with Crippen molar-refractivity contribution in [2.45, 2.75) is 11.9 Å². The number of nitrogens with one attached hydrogen (secondary N) is 1. The van der Waals surface area contributed by atoms with Gasteiger partial charge < -0.3 is 4.98 Å². The summed E-state index contributed by atoms with van der Waals surface area (Å²) in [6.45, 7) is 1.79. The van der Waals surface area contributed by atoms with E-state index in [1.54, 1.807) is 19.2 Å². The summed E-state index contributed by atoms with van der Waals surface area (Å²) in [5, 5.41) is 1.00. The Morgan fingerprint density at radius 1 is 1.43 bits per heavy atom. The van der Waals surface area contributed by atoms with Crippen LogP contribution in [0.2, 0.25) is 0 Å². The molecule has 0 bridgehead atoms. The highest BCUT2D eigenvalue weighted by molar-refractivity contribution is 7.90. The molecule has 2 heterocycles. The number of fused-ring (bicyclic) bond motifs is 1. The van der Waals surface area contributed by atoms with Crippen molar-refractivity contribution in [2.24, 2.45) is 0 Å². The van der Waals surface area contributed by atoms with Crippen LogP contribution in [-0.4, -0.2) is 24.6 Å². The Balaban J connectivity index is 2.83. The number of nitrogens with zero attached hydrogens (tertiary/aromatic N) is 1. The van der Waals surface area contributed by atoms with E-state index in [0.717, 1.165) is 17.2 Å². The van der Waals surface area contributed by atoms with E-state index in [0.29, 0.717) is 5.69 Å². The van der Waals surface area contributed by atoms with Gasteiger partial charge >= 0.3 is 0 Å². The molecule has 4 nitrogen and oxygen atoms in total. The Kier molecular flexibility index (Phi) is 1.85. The predicted octanol–water partition coefficient (Wildman–Crippen LogP) is 1.27. The largest absolute Gasteiger partial charge is 0.360 e. The standard InChI is InChI=1S/C9H10N2O2S/c1-6-9-7(3-4-10-9)5-8(11-6)14(2,12)13/h3-5,10H,1-2H3. The summed E-state index contributed by atoms with van der Waals surface area (Å²) >= 11 is 0. The van der Waals surface area contributed by atoms with Gasteiger partial charge in [-0.25, -0.2) is 13.4 Å². The molecule has 0 amide bonds. The molecule has 1 N–H and O–H groups in total. The van der Waals surface area contributed by atoms with Gasteiger partial charge in [0, 0.05) is 17.8 Å². The second-order valence-electron chi connectivity index (χ2n) is 3.26. The number of pyridine rings is 1. The molecule has 0 aliphatic carbocycles. The first-order valence-corrected chi connectivity index (χ1v) is 6.02. The van der Waals surface area contributed by atoms with Gasteiger partial charge in [0.25, 0.3) is 0 Å². The maximum atomic E-state index is 11.3. The van der Waals surface area contributed by atoms with Gasteiger partial charge in [-0.15, -0.1) is 0 Å². The molecule has 0 atom stereocenters. The van der Waals surface area contributed by atoms with Crippen LogP contribution in [0.15, 0.2) is 23.4 Å². The third-order valence-corrected chi connectivity index (χ3v) is 3.05. The molecule has 0 aliphatic heterocycles. The normalized spacial score (nSPS) is 12.1. The van der Waals surface area contributed by atoms with Crippen molar-refractivity contribution in [1.82, 2.24) is 9.97 Å². The Bertz CT molecular complexity index is 584. The molecule has 74 valence electrons. The van der Waals surface area contributed by atoms with Gasteiger partial charge in [-0.3, -0.25) is 0 Å². The molecule has 2 aromatic heterocycles. The van der Waals surface area contributed by atoms with E-state index in [1.807, 2.05) is 6.07 Å². The lowest BCUT2D eigenvalue weighted by molar-refractivity contribution is 0.598. The molecule has 2 rings (SSSR count). The number of aromatic amines is 1. The second kappa shape index (κ2) is 2.81. The lowest BCUT2D eigenvalue weighted by atomic mass is 10.3. The van der Waals surface area contributed by atoms with Crippen molar-refractivity contribution < 1.29 is 8.42 Å². The maximum absolute atomic E-state index is 11.3. The summed E-state index contributed by atoms with van der Waals surface area (Å²) in [5.41, 5.74) is 1.59.